The summed E-state index contributed by atoms with van der Waals surface area (Å²) in [6.07, 6.45) is 9.74. The van der Waals surface area contributed by atoms with Crippen LogP contribution in [0.4, 0.5) is 4.79 Å². The number of likely N-dealkylation sites (tertiary alicyclic amines) is 1. The lowest BCUT2D eigenvalue weighted by molar-refractivity contribution is -0.139. The monoisotopic (exact) mass is 515 g/mol. The fraction of sp³-hybridized carbons (Fsp3) is 0.733. The molecule has 1 amide bonds. The van der Waals surface area contributed by atoms with Crippen molar-refractivity contribution >= 4 is 12.1 Å². The Kier molecular flexibility index (Phi) is 9.74. The van der Waals surface area contributed by atoms with Crippen molar-refractivity contribution in [2.24, 2.45) is 23.7 Å². The van der Waals surface area contributed by atoms with E-state index in [1.54, 1.807) is 0 Å². The van der Waals surface area contributed by atoms with Crippen LogP contribution in [0.1, 0.15) is 82.8 Å². The first-order valence-electron chi connectivity index (χ1n) is 14.4. The van der Waals surface area contributed by atoms with E-state index in [-0.39, 0.29) is 30.8 Å². The standard InChI is InChI=1S/C30H45NO6/c1-3-4-5-8-23(37-30(35)31-14-12-20(2)13-15-31)10-11-24-25-16-21-7-6-9-28(36-19-29(33)34)26(21)17-22(25)18-27(24)32/h6-7,9,20,22-25,27,32H,3-5,8,10-19H2,1-2H3,(H,33,34)/t22-,23-,24+,25-,27+/m0/s1. The van der Waals surface area contributed by atoms with Crippen molar-refractivity contribution in [3.05, 3.63) is 29.3 Å². The highest BCUT2D eigenvalue weighted by Gasteiger charge is 2.45. The first-order valence-corrected chi connectivity index (χ1v) is 14.4. The topological polar surface area (TPSA) is 96.3 Å². The summed E-state index contributed by atoms with van der Waals surface area (Å²) >= 11 is 0. The average Bonchev–Trinajstić information content (AvgIpc) is 3.18. The summed E-state index contributed by atoms with van der Waals surface area (Å²) in [5.74, 6) is 1.27. The summed E-state index contributed by atoms with van der Waals surface area (Å²) in [6, 6.07) is 5.89. The molecule has 7 heteroatoms. The maximum Gasteiger partial charge on any atom is 0.410 e. The van der Waals surface area contributed by atoms with Gasteiger partial charge in [-0.2, -0.15) is 0 Å². The predicted molar refractivity (Wildman–Crippen MR) is 142 cm³/mol. The fourth-order valence-corrected chi connectivity index (χ4v) is 6.75. The maximum atomic E-state index is 12.9. The summed E-state index contributed by atoms with van der Waals surface area (Å²) in [7, 11) is 0. The van der Waals surface area contributed by atoms with Crippen LogP contribution in [0.5, 0.6) is 5.75 Å². The van der Waals surface area contributed by atoms with Gasteiger partial charge in [0.1, 0.15) is 11.9 Å². The highest BCUT2D eigenvalue weighted by molar-refractivity contribution is 5.68. The molecule has 0 spiro atoms. The summed E-state index contributed by atoms with van der Waals surface area (Å²) in [5, 5.41) is 20.1. The van der Waals surface area contributed by atoms with Crippen LogP contribution in [0.3, 0.4) is 0 Å². The van der Waals surface area contributed by atoms with Crippen LogP contribution < -0.4 is 4.74 Å². The zero-order chi connectivity index (χ0) is 26.4. The minimum Gasteiger partial charge on any atom is -0.482 e. The third-order valence-electron chi connectivity index (χ3n) is 8.96. The van der Waals surface area contributed by atoms with Gasteiger partial charge < -0.3 is 24.6 Å². The first-order chi connectivity index (χ1) is 17.9. The number of carbonyl (C=O) groups is 2. The molecule has 1 heterocycles. The van der Waals surface area contributed by atoms with E-state index in [1.807, 2.05) is 17.0 Å². The lowest BCUT2D eigenvalue weighted by atomic mass is 9.73. The Labute approximate surface area is 221 Å². The smallest absolute Gasteiger partial charge is 0.410 e. The molecule has 1 aromatic carbocycles. The third kappa shape index (κ3) is 7.18. The molecule has 1 saturated carbocycles. The van der Waals surface area contributed by atoms with Gasteiger partial charge >= 0.3 is 12.1 Å². The van der Waals surface area contributed by atoms with Crippen LogP contribution in [0, 0.1) is 23.7 Å². The van der Waals surface area contributed by atoms with Gasteiger partial charge in [0.25, 0.3) is 0 Å². The molecule has 0 aromatic heterocycles. The van der Waals surface area contributed by atoms with Crippen molar-refractivity contribution in [2.45, 2.75) is 96.7 Å². The van der Waals surface area contributed by atoms with Gasteiger partial charge in [-0.1, -0.05) is 38.8 Å². The number of aliphatic hydroxyl groups is 1. The van der Waals surface area contributed by atoms with Gasteiger partial charge in [0.2, 0.25) is 0 Å². The highest BCUT2D eigenvalue weighted by Crippen LogP contribution is 2.48. The Morgan fingerprint density at radius 2 is 1.92 bits per heavy atom. The number of piperidine rings is 1. The number of carboxylic acid groups (broad SMARTS) is 1. The molecule has 1 saturated heterocycles. The van der Waals surface area contributed by atoms with Crippen LogP contribution in [-0.4, -0.2) is 59.1 Å². The summed E-state index contributed by atoms with van der Waals surface area (Å²) in [6.45, 7) is 5.65. The Morgan fingerprint density at radius 3 is 2.65 bits per heavy atom. The Morgan fingerprint density at radius 1 is 1.14 bits per heavy atom. The summed E-state index contributed by atoms with van der Waals surface area (Å²) in [4.78, 5) is 25.8. The zero-order valence-corrected chi connectivity index (χ0v) is 22.6. The normalized spacial score (nSPS) is 26.3. The number of nitrogens with zero attached hydrogens (tertiary/aromatic N) is 1. The van der Waals surface area contributed by atoms with Gasteiger partial charge in [0.05, 0.1) is 6.10 Å². The van der Waals surface area contributed by atoms with Crippen molar-refractivity contribution < 1.29 is 29.3 Å². The van der Waals surface area contributed by atoms with Crippen molar-refractivity contribution in [3.63, 3.8) is 0 Å². The average molecular weight is 516 g/mol. The van der Waals surface area contributed by atoms with Crippen molar-refractivity contribution in [2.75, 3.05) is 19.7 Å². The predicted octanol–water partition coefficient (Wildman–Crippen LogP) is 5.46. The van der Waals surface area contributed by atoms with Crippen LogP contribution in [-0.2, 0) is 22.4 Å². The molecule has 2 fully saturated rings. The van der Waals surface area contributed by atoms with E-state index in [0.717, 1.165) is 89.3 Å². The number of carboxylic acids is 1. The number of amides is 1. The van der Waals surface area contributed by atoms with E-state index >= 15 is 0 Å². The van der Waals surface area contributed by atoms with Crippen LogP contribution in [0.15, 0.2) is 18.2 Å². The molecule has 206 valence electrons. The van der Waals surface area contributed by atoms with Gasteiger partial charge in [0.15, 0.2) is 6.61 Å². The minimum absolute atomic E-state index is 0.100. The number of aliphatic carboxylic acids is 1. The van der Waals surface area contributed by atoms with Crippen LogP contribution in [0.2, 0.25) is 0 Å². The number of benzene rings is 1. The molecule has 0 radical (unpaired) electrons. The number of hydrogen-bond donors (Lipinski definition) is 2. The SMILES string of the molecule is CCCCC[C@@H](CC[C@@H]1[C@H]2Cc3cccc(OCC(=O)O)c3C[C@H]2C[C@H]1O)OC(=O)N1CCC(C)CC1. The van der Waals surface area contributed by atoms with Gasteiger partial charge in [-0.3, -0.25) is 0 Å². The molecule has 37 heavy (non-hydrogen) atoms. The number of fused-ring (bicyclic) bond motifs is 2. The minimum atomic E-state index is -0.980. The van der Waals surface area contributed by atoms with Crippen LogP contribution in [0.25, 0.3) is 0 Å². The van der Waals surface area contributed by atoms with E-state index < -0.39 is 5.97 Å². The highest BCUT2D eigenvalue weighted by atomic mass is 16.6. The number of carbonyl (C=O) groups excluding carboxylic acids is 1. The number of ether oxygens (including phenoxy) is 2. The van der Waals surface area contributed by atoms with Crippen LogP contribution >= 0.6 is 0 Å². The van der Waals surface area contributed by atoms with Gasteiger partial charge in [-0.05, 0) is 98.7 Å². The molecule has 3 aliphatic rings. The Bertz CT molecular complexity index is 911. The number of hydrogen-bond acceptors (Lipinski definition) is 5. The molecule has 5 atom stereocenters. The maximum absolute atomic E-state index is 12.9. The second-order valence-corrected chi connectivity index (χ2v) is 11.6. The lowest BCUT2D eigenvalue weighted by Crippen LogP contribution is -2.40. The molecular weight excluding hydrogens is 470 g/mol. The molecule has 7 nitrogen and oxygen atoms in total. The molecule has 2 N–H and O–H groups in total. The van der Waals surface area contributed by atoms with E-state index in [0.29, 0.717) is 23.5 Å². The molecule has 1 aliphatic heterocycles. The number of aliphatic hydroxyl groups excluding tert-OH is 1. The van der Waals surface area contributed by atoms with Gasteiger partial charge in [-0.25, -0.2) is 9.59 Å². The molecular formula is C30H45NO6. The van der Waals surface area contributed by atoms with E-state index in [9.17, 15) is 14.7 Å². The zero-order valence-electron chi connectivity index (χ0n) is 22.6. The molecule has 4 rings (SSSR count). The second kappa shape index (κ2) is 13.0. The van der Waals surface area contributed by atoms with E-state index in [1.165, 1.54) is 5.56 Å². The Balaban J connectivity index is 1.38. The van der Waals surface area contributed by atoms with Crippen molar-refractivity contribution in [3.8, 4) is 5.75 Å². The third-order valence-corrected chi connectivity index (χ3v) is 8.96. The molecule has 2 aliphatic carbocycles. The Hall–Kier alpha value is -2.28. The largest absolute Gasteiger partial charge is 0.482 e. The number of unbranched alkanes of at least 4 members (excludes halogenated alkanes) is 2. The number of rotatable bonds is 11. The van der Waals surface area contributed by atoms with Crippen molar-refractivity contribution in [1.82, 2.24) is 4.90 Å². The summed E-state index contributed by atoms with van der Waals surface area (Å²) < 4.78 is 11.6. The molecule has 0 unspecified atom stereocenters. The molecule has 0 bridgehead atoms. The van der Waals surface area contributed by atoms with E-state index in [2.05, 4.69) is 19.9 Å². The van der Waals surface area contributed by atoms with Crippen molar-refractivity contribution in [1.29, 1.82) is 0 Å². The quantitative estimate of drug-likeness (QED) is 0.380. The molecule has 1 aromatic rings. The van der Waals surface area contributed by atoms with Gasteiger partial charge in [-0.15, -0.1) is 0 Å². The van der Waals surface area contributed by atoms with E-state index in [4.69, 9.17) is 14.6 Å². The second-order valence-electron chi connectivity index (χ2n) is 11.6. The first kappa shape index (κ1) is 27.7. The van der Waals surface area contributed by atoms with Gasteiger partial charge in [0, 0.05) is 13.1 Å². The summed E-state index contributed by atoms with van der Waals surface area (Å²) in [5.41, 5.74) is 2.30. The lowest BCUT2D eigenvalue weighted by Gasteiger charge is -2.33. The fourth-order valence-electron chi connectivity index (χ4n) is 6.75.